The standard InChI is InChI=1S/C27H28N2O5S/c1-6-21(30)29-26-22(27(31)32-7-2)19-13-12-16(4)23(24(19)35-26)33-14-20-17(5)34-25(28-20)18-11-9-8-10-15(18)3/h8-13H,6-7,14H2,1-5H3,(H,29,30). The predicted octanol–water partition coefficient (Wildman–Crippen LogP) is 6.59. The first-order valence-corrected chi connectivity index (χ1v) is 12.3. The molecule has 4 aromatic rings. The Morgan fingerprint density at radius 2 is 1.83 bits per heavy atom. The summed E-state index contributed by atoms with van der Waals surface area (Å²) in [5.41, 5.74) is 3.96. The summed E-state index contributed by atoms with van der Waals surface area (Å²) in [6.45, 7) is 9.77. The average Bonchev–Trinajstić information content (AvgIpc) is 3.38. The summed E-state index contributed by atoms with van der Waals surface area (Å²) in [5.74, 6) is 1.22. The largest absolute Gasteiger partial charge is 0.485 e. The highest BCUT2D eigenvalue weighted by Crippen LogP contribution is 2.43. The van der Waals surface area contributed by atoms with E-state index in [4.69, 9.17) is 13.9 Å². The van der Waals surface area contributed by atoms with E-state index in [2.05, 4.69) is 10.3 Å². The quantitative estimate of drug-likeness (QED) is 0.279. The maximum atomic E-state index is 12.8. The topological polar surface area (TPSA) is 90.7 Å². The van der Waals surface area contributed by atoms with Crippen LogP contribution >= 0.6 is 11.3 Å². The third-order valence-corrected chi connectivity index (χ3v) is 6.80. The molecule has 2 aromatic carbocycles. The molecular weight excluding hydrogens is 464 g/mol. The molecule has 0 atom stereocenters. The van der Waals surface area contributed by atoms with E-state index in [-0.39, 0.29) is 19.1 Å². The number of aromatic nitrogens is 1. The van der Waals surface area contributed by atoms with Gasteiger partial charge in [-0.05, 0) is 44.9 Å². The fourth-order valence-corrected chi connectivity index (χ4v) is 5.01. The van der Waals surface area contributed by atoms with Crippen LogP contribution in [0.2, 0.25) is 0 Å². The fraction of sp³-hybridized carbons (Fsp3) is 0.296. The molecule has 0 radical (unpaired) electrons. The number of rotatable bonds is 8. The highest BCUT2D eigenvalue weighted by molar-refractivity contribution is 7.24. The van der Waals surface area contributed by atoms with Crippen molar-refractivity contribution >= 4 is 38.3 Å². The number of thiophene rings is 1. The number of anilines is 1. The van der Waals surface area contributed by atoms with E-state index in [9.17, 15) is 9.59 Å². The van der Waals surface area contributed by atoms with Crippen molar-refractivity contribution in [2.45, 2.75) is 47.6 Å². The molecule has 0 aliphatic heterocycles. The Hall–Kier alpha value is -3.65. The number of amides is 1. The molecule has 4 rings (SSSR count). The number of aryl methyl sites for hydroxylation is 3. The normalized spacial score (nSPS) is 11.0. The molecule has 182 valence electrons. The third-order valence-electron chi connectivity index (χ3n) is 5.68. The number of esters is 1. The van der Waals surface area contributed by atoms with Crippen LogP contribution in [0.4, 0.5) is 5.00 Å². The lowest BCUT2D eigenvalue weighted by molar-refractivity contribution is -0.115. The van der Waals surface area contributed by atoms with Gasteiger partial charge in [0.25, 0.3) is 0 Å². The maximum absolute atomic E-state index is 12.8. The molecule has 8 heteroatoms. The second-order valence-electron chi connectivity index (χ2n) is 8.14. The van der Waals surface area contributed by atoms with Crippen LogP contribution < -0.4 is 10.1 Å². The first-order valence-electron chi connectivity index (χ1n) is 11.5. The van der Waals surface area contributed by atoms with Gasteiger partial charge in [-0.25, -0.2) is 9.78 Å². The van der Waals surface area contributed by atoms with Crippen molar-refractivity contribution in [1.29, 1.82) is 0 Å². The first-order chi connectivity index (χ1) is 16.8. The van der Waals surface area contributed by atoms with E-state index in [1.807, 2.05) is 57.2 Å². The van der Waals surface area contributed by atoms with Crippen molar-refractivity contribution in [2.75, 3.05) is 11.9 Å². The number of carbonyl (C=O) groups is 2. The SMILES string of the molecule is CCOC(=O)c1c(NC(=O)CC)sc2c(OCc3nc(-c4ccccc4C)oc3C)c(C)ccc12. The van der Waals surface area contributed by atoms with E-state index < -0.39 is 5.97 Å². The van der Waals surface area contributed by atoms with Crippen molar-refractivity contribution in [3.05, 3.63) is 64.5 Å². The van der Waals surface area contributed by atoms with E-state index in [0.29, 0.717) is 45.5 Å². The summed E-state index contributed by atoms with van der Waals surface area (Å²) in [4.78, 5) is 29.6. The summed E-state index contributed by atoms with van der Waals surface area (Å²) >= 11 is 1.30. The van der Waals surface area contributed by atoms with Gasteiger partial charge in [0.1, 0.15) is 34.4 Å². The highest BCUT2D eigenvalue weighted by Gasteiger charge is 2.24. The number of nitrogens with one attached hydrogen (secondary N) is 1. The minimum Gasteiger partial charge on any atom is -0.485 e. The van der Waals surface area contributed by atoms with Crippen molar-refractivity contribution in [3.63, 3.8) is 0 Å². The first kappa shape index (κ1) is 24.5. The fourth-order valence-electron chi connectivity index (χ4n) is 3.75. The van der Waals surface area contributed by atoms with Gasteiger partial charge in [-0.1, -0.05) is 37.3 Å². The summed E-state index contributed by atoms with van der Waals surface area (Å²) in [5, 5.41) is 3.98. The summed E-state index contributed by atoms with van der Waals surface area (Å²) in [6, 6.07) is 11.7. The Balaban J connectivity index is 1.70. The molecule has 1 N–H and O–H groups in total. The smallest absolute Gasteiger partial charge is 0.341 e. The molecule has 0 aliphatic rings. The van der Waals surface area contributed by atoms with Gasteiger partial charge in [0, 0.05) is 17.4 Å². The number of benzene rings is 2. The summed E-state index contributed by atoms with van der Waals surface area (Å²) in [7, 11) is 0. The van der Waals surface area contributed by atoms with E-state index in [1.54, 1.807) is 13.8 Å². The van der Waals surface area contributed by atoms with Gasteiger partial charge in [-0.2, -0.15) is 0 Å². The van der Waals surface area contributed by atoms with Crippen molar-refractivity contribution in [3.8, 4) is 17.2 Å². The van der Waals surface area contributed by atoms with Gasteiger partial charge in [0.15, 0.2) is 0 Å². The summed E-state index contributed by atoms with van der Waals surface area (Å²) in [6.07, 6.45) is 0.299. The molecule has 0 bridgehead atoms. The highest BCUT2D eigenvalue weighted by atomic mass is 32.1. The molecule has 7 nitrogen and oxygen atoms in total. The lowest BCUT2D eigenvalue weighted by Gasteiger charge is -2.10. The Bertz CT molecular complexity index is 1400. The van der Waals surface area contributed by atoms with Crippen molar-refractivity contribution in [2.24, 2.45) is 0 Å². The zero-order valence-corrected chi connectivity index (χ0v) is 21.3. The molecule has 2 aromatic heterocycles. The molecular formula is C27H28N2O5S. The molecule has 0 fully saturated rings. The van der Waals surface area contributed by atoms with Crippen LogP contribution in [0.3, 0.4) is 0 Å². The number of hydrogen-bond acceptors (Lipinski definition) is 7. The molecule has 1 amide bonds. The van der Waals surface area contributed by atoms with Gasteiger partial charge in [0.2, 0.25) is 11.8 Å². The third kappa shape index (κ3) is 4.93. The number of nitrogens with zero attached hydrogens (tertiary/aromatic N) is 1. The van der Waals surface area contributed by atoms with Gasteiger partial charge >= 0.3 is 5.97 Å². The lowest BCUT2D eigenvalue weighted by Crippen LogP contribution is -2.12. The predicted molar refractivity (Wildman–Crippen MR) is 137 cm³/mol. The van der Waals surface area contributed by atoms with Crippen LogP contribution in [0, 0.1) is 20.8 Å². The number of oxazole rings is 1. The van der Waals surface area contributed by atoms with Crippen molar-refractivity contribution < 1.29 is 23.5 Å². The van der Waals surface area contributed by atoms with Crippen LogP contribution in [0.5, 0.6) is 5.75 Å². The minimum absolute atomic E-state index is 0.178. The number of carbonyl (C=O) groups excluding carboxylic acids is 2. The maximum Gasteiger partial charge on any atom is 0.341 e. The zero-order chi connectivity index (χ0) is 25.1. The molecule has 2 heterocycles. The monoisotopic (exact) mass is 492 g/mol. The second kappa shape index (κ2) is 10.3. The van der Waals surface area contributed by atoms with Crippen LogP contribution in [-0.4, -0.2) is 23.5 Å². The molecule has 0 aliphatic carbocycles. The second-order valence-corrected chi connectivity index (χ2v) is 9.16. The Morgan fingerprint density at radius 1 is 1.06 bits per heavy atom. The number of fused-ring (bicyclic) bond motifs is 1. The van der Waals surface area contributed by atoms with Crippen LogP contribution in [-0.2, 0) is 16.1 Å². The zero-order valence-electron chi connectivity index (χ0n) is 20.5. The van der Waals surface area contributed by atoms with E-state index >= 15 is 0 Å². The van der Waals surface area contributed by atoms with Gasteiger partial charge in [-0.15, -0.1) is 11.3 Å². The average molecular weight is 493 g/mol. The molecule has 35 heavy (non-hydrogen) atoms. The van der Waals surface area contributed by atoms with Gasteiger partial charge in [0.05, 0.1) is 11.3 Å². The Kier molecular flexibility index (Phi) is 7.21. The minimum atomic E-state index is -0.477. The van der Waals surface area contributed by atoms with Crippen LogP contribution in [0.25, 0.3) is 21.5 Å². The summed E-state index contributed by atoms with van der Waals surface area (Å²) < 4.78 is 18.2. The molecule has 0 saturated heterocycles. The number of hydrogen-bond donors (Lipinski definition) is 1. The van der Waals surface area contributed by atoms with Gasteiger partial charge in [-0.3, -0.25) is 4.79 Å². The molecule has 0 saturated carbocycles. The number of ether oxygens (including phenoxy) is 2. The van der Waals surface area contributed by atoms with Crippen LogP contribution in [0.15, 0.2) is 40.8 Å². The lowest BCUT2D eigenvalue weighted by atomic mass is 10.1. The Labute approximate surface area is 208 Å². The molecule has 0 spiro atoms. The van der Waals surface area contributed by atoms with E-state index in [0.717, 1.165) is 21.4 Å². The Morgan fingerprint density at radius 3 is 2.54 bits per heavy atom. The van der Waals surface area contributed by atoms with E-state index in [1.165, 1.54) is 11.3 Å². The van der Waals surface area contributed by atoms with Gasteiger partial charge < -0.3 is 19.2 Å². The molecule has 0 unspecified atom stereocenters. The van der Waals surface area contributed by atoms with Crippen molar-refractivity contribution in [1.82, 2.24) is 4.98 Å². The van der Waals surface area contributed by atoms with Crippen LogP contribution in [0.1, 0.15) is 53.2 Å².